The van der Waals surface area contributed by atoms with E-state index in [1.807, 2.05) is 0 Å². The molecule has 0 aromatic heterocycles. The zero-order valence-corrected chi connectivity index (χ0v) is 22.5. The number of aliphatic carboxylic acids is 1. The van der Waals surface area contributed by atoms with Crippen molar-refractivity contribution < 1.29 is 49.0 Å². The molecular formula is C29H38O10. The number of fused-ring (bicyclic) bond motifs is 2. The Kier molecular flexibility index (Phi) is 7.18. The van der Waals surface area contributed by atoms with E-state index < -0.39 is 52.3 Å². The molecular weight excluding hydrogens is 508 g/mol. The second kappa shape index (κ2) is 9.94. The summed E-state index contributed by atoms with van der Waals surface area (Å²) in [7, 11) is 0. The van der Waals surface area contributed by atoms with Gasteiger partial charge in [-0.2, -0.15) is 0 Å². The van der Waals surface area contributed by atoms with Crippen molar-refractivity contribution in [1.82, 2.24) is 0 Å². The van der Waals surface area contributed by atoms with Gasteiger partial charge >= 0.3 is 11.9 Å². The lowest BCUT2D eigenvalue weighted by atomic mass is 9.51. The predicted molar refractivity (Wildman–Crippen MR) is 137 cm³/mol. The Morgan fingerprint density at radius 2 is 2.00 bits per heavy atom. The van der Waals surface area contributed by atoms with Gasteiger partial charge in [-0.05, 0) is 44.8 Å². The lowest BCUT2D eigenvalue weighted by Gasteiger charge is -2.58. The van der Waals surface area contributed by atoms with Crippen molar-refractivity contribution in [2.45, 2.75) is 88.2 Å². The first-order chi connectivity index (χ1) is 18.5. The van der Waals surface area contributed by atoms with E-state index in [-0.39, 0.29) is 37.4 Å². The number of hydrogen-bond acceptors (Lipinski definition) is 9. The van der Waals surface area contributed by atoms with E-state index in [1.165, 1.54) is 36.8 Å². The molecule has 10 heteroatoms. The van der Waals surface area contributed by atoms with E-state index in [0.29, 0.717) is 19.4 Å². The molecule has 3 saturated heterocycles. The van der Waals surface area contributed by atoms with Crippen LogP contribution in [0.25, 0.3) is 0 Å². The maximum absolute atomic E-state index is 13.0. The monoisotopic (exact) mass is 546 g/mol. The van der Waals surface area contributed by atoms with E-state index in [2.05, 4.69) is 19.9 Å². The molecule has 0 amide bonds. The van der Waals surface area contributed by atoms with Crippen molar-refractivity contribution in [3.05, 3.63) is 47.6 Å². The number of carboxylic acids is 1. The summed E-state index contributed by atoms with van der Waals surface area (Å²) in [6.45, 7) is 6.07. The molecule has 4 fully saturated rings. The van der Waals surface area contributed by atoms with Gasteiger partial charge in [0.2, 0.25) is 0 Å². The van der Waals surface area contributed by atoms with Crippen LogP contribution in [0.15, 0.2) is 47.6 Å². The van der Waals surface area contributed by atoms with E-state index in [1.54, 1.807) is 0 Å². The minimum absolute atomic E-state index is 0.107. The summed E-state index contributed by atoms with van der Waals surface area (Å²) in [5.74, 6) is -1.77. The molecule has 0 aromatic carbocycles. The third-order valence-electron chi connectivity index (χ3n) is 9.94. The molecule has 0 radical (unpaired) electrons. The number of ether oxygens (including phenoxy) is 4. The topological polar surface area (TPSA) is 155 Å². The highest BCUT2D eigenvalue weighted by Gasteiger charge is 2.82. The Morgan fingerprint density at radius 3 is 2.64 bits per heavy atom. The van der Waals surface area contributed by atoms with Crippen LogP contribution >= 0.6 is 0 Å². The largest absolute Gasteiger partial charge is 0.478 e. The summed E-state index contributed by atoms with van der Waals surface area (Å²) < 4.78 is 24.2. The van der Waals surface area contributed by atoms with Crippen molar-refractivity contribution in [2.24, 2.45) is 10.8 Å². The van der Waals surface area contributed by atoms with Crippen molar-refractivity contribution in [1.29, 1.82) is 0 Å². The smallest absolute Gasteiger partial charge is 0.331 e. The van der Waals surface area contributed by atoms with Gasteiger partial charge in [-0.3, -0.25) is 0 Å². The number of carbonyl (C=O) groups excluding carboxylic acids is 1. The van der Waals surface area contributed by atoms with Gasteiger partial charge in [0.15, 0.2) is 0 Å². The van der Waals surface area contributed by atoms with Gasteiger partial charge < -0.3 is 39.4 Å². The third-order valence-corrected chi connectivity index (χ3v) is 9.94. The molecule has 3 aliphatic heterocycles. The molecule has 39 heavy (non-hydrogen) atoms. The first kappa shape index (κ1) is 28.2. The number of allylic oxidation sites excluding steroid dienone is 3. The molecule has 5 rings (SSSR count). The summed E-state index contributed by atoms with van der Waals surface area (Å²) in [5, 5.41) is 41.0. The number of aliphatic hydroxyl groups is 3. The van der Waals surface area contributed by atoms with Crippen LogP contribution in [-0.4, -0.2) is 93.9 Å². The summed E-state index contributed by atoms with van der Waals surface area (Å²) >= 11 is 0. The maximum atomic E-state index is 13.0. The zero-order valence-electron chi connectivity index (χ0n) is 22.5. The number of aliphatic hydroxyl groups excluding tert-OH is 3. The fourth-order valence-electron chi connectivity index (χ4n) is 7.47. The van der Waals surface area contributed by atoms with Crippen LogP contribution in [-0.2, 0) is 28.5 Å². The molecule has 4 N–H and O–H groups in total. The van der Waals surface area contributed by atoms with Crippen molar-refractivity contribution in [2.75, 3.05) is 19.8 Å². The number of hydrogen-bond donors (Lipinski definition) is 4. The first-order valence-electron chi connectivity index (χ1n) is 13.5. The minimum Gasteiger partial charge on any atom is -0.478 e. The molecule has 5 aliphatic rings. The highest BCUT2D eigenvalue weighted by molar-refractivity contribution is 5.82. The number of epoxide rings is 1. The molecule has 1 unspecified atom stereocenters. The van der Waals surface area contributed by atoms with Gasteiger partial charge in [0.25, 0.3) is 0 Å². The summed E-state index contributed by atoms with van der Waals surface area (Å²) in [6.07, 6.45) is 7.24. The number of carbonyl (C=O) groups is 2. The summed E-state index contributed by atoms with van der Waals surface area (Å²) in [5.41, 5.74) is -1.96. The van der Waals surface area contributed by atoms with Crippen LogP contribution in [0.5, 0.6) is 0 Å². The Labute approximate surface area is 227 Å². The van der Waals surface area contributed by atoms with Crippen LogP contribution in [0.1, 0.15) is 46.5 Å². The standard InChI is InChI=1S/C29H38O10/c1-17-7-10-27(15-30)21(12-17)38-22-14-20(26(27,3)29(22)16-37-29)39-24(34)6-4-5-9-28(18(2)31)25(35)19(8-11-36-28)13-23(32)33/h4-6,9,12-13,18,20-22,25,30-31,35H,7-8,10-11,14-16H2,1-3H3,(H,32,33)/b6-4-,9-5+,19-13+/t18-,20+,21+,22+,25-,26+,27+,28?,29-/m0/s1. The Morgan fingerprint density at radius 1 is 1.26 bits per heavy atom. The molecule has 2 aliphatic carbocycles. The fraction of sp³-hybridized carbons (Fsp3) is 0.655. The first-order valence-corrected chi connectivity index (χ1v) is 13.5. The van der Waals surface area contributed by atoms with Gasteiger partial charge in [-0.15, -0.1) is 0 Å². The predicted octanol–water partition coefficient (Wildman–Crippen LogP) is 1.59. The van der Waals surface area contributed by atoms with Gasteiger partial charge in [0.05, 0.1) is 38.1 Å². The van der Waals surface area contributed by atoms with Crippen LogP contribution in [0.4, 0.5) is 0 Å². The van der Waals surface area contributed by atoms with Crippen molar-refractivity contribution >= 4 is 11.9 Å². The zero-order chi connectivity index (χ0) is 28.2. The summed E-state index contributed by atoms with van der Waals surface area (Å²) in [4.78, 5) is 24.1. The Balaban J connectivity index is 1.33. The lowest BCUT2D eigenvalue weighted by molar-refractivity contribution is -0.228. The van der Waals surface area contributed by atoms with E-state index in [0.717, 1.165) is 12.5 Å². The molecule has 2 bridgehead atoms. The number of rotatable bonds is 7. The highest BCUT2D eigenvalue weighted by atomic mass is 16.6. The van der Waals surface area contributed by atoms with Gasteiger partial charge in [0, 0.05) is 29.4 Å². The molecule has 9 atom stereocenters. The van der Waals surface area contributed by atoms with Crippen LogP contribution in [0.3, 0.4) is 0 Å². The van der Waals surface area contributed by atoms with Crippen LogP contribution in [0.2, 0.25) is 0 Å². The van der Waals surface area contributed by atoms with Crippen LogP contribution in [0, 0.1) is 10.8 Å². The molecule has 1 spiro atoms. The van der Waals surface area contributed by atoms with Crippen molar-refractivity contribution in [3.8, 4) is 0 Å². The maximum Gasteiger partial charge on any atom is 0.331 e. The third kappa shape index (κ3) is 4.15. The van der Waals surface area contributed by atoms with Gasteiger partial charge in [-0.25, -0.2) is 9.59 Å². The second-order valence-electron chi connectivity index (χ2n) is 11.7. The molecule has 0 aromatic rings. The van der Waals surface area contributed by atoms with E-state index in [9.17, 15) is 24.9 Å². The fourth-order valence-corrected chi connectivity index (χ4v) is 7.47. The summed E-state index contributed by atoms with van der Waals surface area (Å²) in [6, 6.07) is 0. The molecule has 3 heterocycles. The lowest BCUT2D eigenvalue weighted by Crippen LogP contribution is -2.66. The number of carboxylic acid groups (broad SMARTS) is 1. The van der Waals surface area contributed by atoms with Crippen LogP contribution < -0.4 is 0 Å². The van der Waals surface area contributed by atoms with Gasteiger partial charge in [-0.1, -0.05) is 30.7 Å². The SMILES string of the molecule is CC1=C[C@H]2O[C@@H]3C[C@@H](OC(=O)/C=C\C=C\C4([C@H](C)O)OCC/C(=C\C(=O)O)[C@@H]4O)[C@](C)([C@@]2(CO)CC1)[C@]31CO1. The highest BCUT2D eigenvalue weighted by Crippen LogP contribution is 2.71. The van der Waals surface area contributed by atoms with E-state index in [4.69, 9.17) is 24.1 Å². The van der Waals surface area contributed by atoms with Gasteiger partial charge in [0.1, 0.15) is 23.4 Å². The minimum atomic E-state index is -1.56. The normalized spacial score (nSPS) is 45.0. The van der Waals surface area contributed by atoms with E-state index >= 15 is 0 Å². The van der Waals surface area contributed by atoms with Crippen molar-refractivity contribution in [3.63, 3.8) is 0 Å². The average Bonchev–Trinajstić information content (AvgIpc) is 3.66. The quantitative estimate of drug-likeness (QED) is 0.122. The second-order valence-corrected chi connectivity index (χ2v) is 11.7. The average molecular weight is 547 g/mol. The Bertz CT molecular complexity index is 1130. The molecule has 1 saturated carbocycles. The number of esters is 1. The molecule has 214 valence electrons. The molecule has 10 nitrogen and oxygen atoms in total. The Hall–Kier alpha value is -2.34.